The van der Waals surface area contributed by atoms with Gasteiger partial charge in [-0.05, 0) is 13.8 Å². The molecule has 5 heteroatoms. The lowest BCUT2D eigenvalue weighted by atomic mass is 10.2. The van der Waals surface area contributed by atoms with Gasteiger partial charge in [0.1, 0.15) is 5.25 Å². The van der Waals surface area contributed by atoms with E-state index in [9.17, 15) is 4.79 Å². The molecule has 0 radical (unpaired) electrons. The molecule has 62 valence electrons. The Morgan fingerprint density at radius 1 is 1.73 bits per heavy atom. The second kappa shape index (κ2) is 3.71. The Hall–Kier alpha value is -0.580. The van der Waals surface area contributed by atoms with E-state index in [1.165, 1.54) is 11.9 Å². The van der Waals surface area contributed by atoms with Crippen LogP contribution < -0.4 is 0 Å². The summed E-state index contributed by atoms with van der Waals surface area (Å²) in [5, 5.41) is 3.58. The topological polar surface area (TPSA) is 51.0 Å². The number of esters is 1. The summed E-state index contributed by atoms with van der Waals surface area (Å²) in [6.45, 7) is 4.06. The van der Waals surface area contributed by atoms with E-state index in [2.05, 4.69) is 9.63 Å². The van der Waals surface area contributed by atoms with Gasteiger partial charge in [-0.1, -0.05) is 0 Å². The molecule has 2 atom stereocenters. The van der Waals surface area contributed by atoms with Crippen LogP contribution in [0.15, 0.2) is 9.63 Å². The minimum atomic E-state index is -0.227. The molecule has 0 saturated heterocycles. The summed E-state index contributed by atoms with van der Waals surface area (Å²) in [7, 11) is 0. The van der Waals surface area contributed by atoms with Crippen LogP contribution in [0.2, 0.25) is 0 Å². The summed E-state index contributed by atoms with van der Waals surface area (Å²) in [5.41, 5.74) is 0. The minimum Gasteiger partial charge on any atom is -0.465 e. The van der Waals surface area contributed by atoms with Gasteiger partial charge in [-0.15, -0.1) is 4.52 Å². The molecule has 0 amide bonds. The van der Waals surface area contributed by atoms with E-state index < -0.39 is 0 Å². The maximum Gasteiger partial charge on any atom is 0.323 e. The number of nitrogens with zero attached hydrogens (tertiary/aromatic N) is 2. The fourth-order valence-electron chi connectivity index (χ4n) is 0.765. The summed E-state index contributed by atoms with van der Waals surface area (Å²) in [6, 6.07) is -0.0425. The summed E-state index contributed by atoms with van der Waals surface area (Å²) >= 11 is 1.18. The van der Waals surface area contributed by atoms with Gasteiger partial charge in [-0.2, -0.15) is 5.11 Å². The lowest BCUT2D eigenvalue weighted by Crippen LogP contribution is -2.26. The predicted molar refractivity (Wildman–Crippen MR) is 42.3 cm³/mol. The van der Waals surface area contributed by atoms with Crippen molar-refractivity contribution in [3.8, 4) is 0 Å². The van der Waals surface area contributed by atoms with Crippen LogP contribution in [0.3, 0.4) is 0 Å². The maximum atomic E-state index is 11.1. The van der Waals surface area contributed by atoms with E-state index in [0.717, 1.165) is 0 Å². The van der Waals surface area contributed by atoms with Gasteiger partial charge in [-0.25, -0.2) is 0 Å². The molecule has 2 unspecified atom stereocenters. The van der Waals surface area contributed by atoms with Gasteiger partial charge in [0.2, 0.25) is 0 Å². The van der Waals surface area contributed by atoms with Crippen LogP contribution in [0.1, 0.15) is 13.8 Å². The molecular weight excluding hydrogens is 164 g/mol. The van der Waals surface area contributed by atoms with E-state index >= 15 is 0 Å². The Balaban J connectivity index is 2.42. The molecular formula is C6H10N2O2S. The number of hydrogen-bond donors (Lipinski definition) is 0. The highest BCUT2D eigenvalue weighted by atomic mass is 32.2. The molecule has 0 aromatic carbocycles. The van der Waals surface area contributed by atoms with Crippen molar-refractivity contribution >= 4 is 17.9 Å². The fraction of sp³-hybridized carbons (Fsp3) is 0.833. The fourth-order valence-corrected chi connectivity index (χ4v) is 1.45. The summed E-state index contributed by atoms with van der Waals surface area (Å²) in [6.07, 6.45) is 0. The Bertz CT molecular complexity index is 183. The second-order valence-corrected chi connectivity index (χ2v) is 3.10. The zero-order valence-electron chi connectivity index (χ0n) is 6.48. The first-order valence-corrected chi connectivity index (χ1v) is 4.32. The van der Waals surface area contributed by atoms with Crippen LogP contribution in [-0.4, -0.2) is 23.9 Å². The summed E-state index contributed by atoms with van der Waals surface area (Å²) < 4.78 is 8.51. The second-order valence-electron chi connectivity index (χ2n) is 2.22. The van der Waals surface area contributed by atoms with Gasteiger partial charge in [0.05, 0.1) is 12.6 Å². The molecule has 0 aromatic rings. The van der Waals surface area contributed by atoms with Crippen LogP contribution in [0.25, 0.3) is 0 Å². The lowest BCUT2D eigenvalue weighted by molar-refractivity contribution is -0.142. The van der Waals surface area contributed by atoms with Gasteiger partial charge < -0.3 is 4.74 Å². The zero-order chi connectivity index (χ0) is 8.27. The molecule has 0 aliphatic carbocycles. The van der Waals surface area contributed by atoms with E-state index in [1.807, 2.05) is 6.92 Å². The number of carbonyl (C=O) groups is 1. The van der Waals surface area contributed by atoms with Crippen LogP contribution in [0, 0.1) is 0 Å². The number of rotatable bonds is 2. The molecule has 1 rings (SSSR count). The van der Waals surface area contributed by atoms with E-state index in [1.54, 1.807) is 6.92 Å². The van der Waals surface area contributed by atoms with Gasteiger partial charge in [0.25, 0.3) is 0 Å². The van der Waals surface area contributed by atoms with Crippen LogP contribution in [0.4, 0.5) is 0 Å². The average Bonchev–Trinajstić information content (AvgIpc) is 2.36. The zero-order valence-corrected chi connectivity index (χ0v) is 7.30. The van der Waals surface area contributed by atoms with Gasteiger partial charge in [-0.3, -0.25) is 4.79 Å². The van der Waals surface area contributed by atoms with Crippen molar-refractivity contribution < 1.29 is 9.53 Å². The molecule has 4 nitrogen and oxygen atoms in total. The van der Waals surface area contributed by atoms with Crippen molar-refractivity contribution in [3.05, 3.63) is 0 Å². The SMILES string of the molecule is CCOC(=O)C1SN=NC1C. The number of ether oxygens (including phenoxy) is 1. The highest BCUT2D eigenvalue weighted by molar-refractivity contribution is 7.99. The molecule has 1 aliphatic rings. The highest BCUT2D eigenvalue weighted by Gasteiger charge is 2.31. The van der Waals surface area contributed by atoms with Crippen molar-refractivity contribution in [3.63, 3.8) is 0 Å². The first-order chi connectivity index (χ1) is 5.25. The first-order valence-electron chi connectivity index (χ1n) is 3.48. The number of carbonyl (C=O) groups excluding carboxylic acids is 1. The van der Waals surface area contributed by atoms with E-state index in [4.69, 9.17) is 4.74 Å². The van der Waals surface area contributed by atoms with E-state index in [0.29, 0.717) is 6.61 Å². The van der Waals surface area contributed by atoms with Crippen LogP contribution >= 0.6 is 11.9 Å². The lowest BCUT2D eigenvalue weighted by Gasteiger charge is -2.08. The Kier molecular flexibility index (Phi) is 2.87. The monoisotopic (exact) mass is 174 g/mol. The van der Waals surface area contributed by atoms with Crippen molar-refractivity contribution in [2.24, 2.45) is 9.63 Å². The van der Waals surface area contributed by atoms with Crippen molar-refractivity contribution in [1.82, 2.24) is 0 Å². The Morgan fingerprint density at radius 3 is 2.91 bits per heavy atom. The Morgan fingerprint density at radius 2 is 2.45 bits per heavy atom. The predicted octanol–water partition coefficient (Wildman–Crippen LogP) is 1.42. The largest absolute Gasteiger partial charge is 0.465 e. The third-order valence-corrected chi connectivity index (χ3v) is 2.35. The number of hydrogen-bond acceptors (Lipinski definition) is 5. The first kappa shape index (κ1) is 8.52. The summed E-state index contributed by atoms with van der Waals surface area (Å²) in [4.78, 5) is 11.1. The quantitative estimate of drug-likeness (QED) is 0.470. The van der Waals surface area contributed by atoms with E-state index in [-0.39, 0.29) is 17.3 Å². The average molecular weight is 174 g/mol. The maximum absolute atomic E-state index is 11.1. The molecule has 11 heavy (non-hydrogen) atoms. The highest BCUT2D eigenvalue weighted by Crippen LogP contribution is 2.27. The van der Waals surface area contributed by atoms with Crippen LogP contribution in [-0.2, 0) is 9.53 Å². The van der Waals surface area contributed by atoms with Crippen molar-refractivity contribution in [2.45, 2.75) is 25.1 Å². The molecule has 1 heterocycles. The molecule has 0 N–H and O–H groups in total. The van der Waals surface area contributed by atoms with Crippen molar-refractivity contribution in [2.75, 3.05) is 6.61 Å². The molecule has 0 aromatic heterocycles. The molecule has 1 aliphatic heterocycles. The third-order valence-electron chi connectivity index (χ3n) is 1.35. The molecule has 0 fully saturated rings. The van der Waals surface area contributed by atoms with Crippen LogP contribution in [0.5, 0.6) is 0 Å². The third kappa shape index (κ3) is 1.92. The molecule has 0 saturated carbocycles. The van der Waals surface area contributed by atoms with Crippen molar-refractivity contribution in [1.29, 1.82) is 0 Å². The molecule has 0 spiro atoms. The smallest absolute Gasteiger partial charge is 0.323 e. The van der Waals surface area contributed by atoms with Gasteiger partial charge >= 0.3 is 5.97 Å². The Labute approximate surface area is 69.5 Å². The summed E-state index contributed by atoms with van der Waals surface area (Å²) in [5.74, 6) is -0.213. The minimum absolute atomic E-state index is 0.0425. The standard InChI is InChI=1S/C6H10N2O2S/c1-3-10-6(9)5-4(2)7-8-11-5/h4-5H,3H2,1-2H3. The molecule has 0 bridgehead atoms. The van der Waals surface area contributed by atoms with Gasteiger partial charge in [0.15, 0.2) is 0 Å². The normalized spacial score (nSPS) is 28.9. The van der Waals surface area contributed by atoms with Gasteiger partial charge in [0, 0.05) is 11.9 Å².